The van der Waals surface area contributed by atoms with E-state index < -0.39 is 11.8 Å². The number of aliphatic carboxylic acids is 1. The molecule has 0 amide bonds. The number of hydrogen-bond donors (Lipinski definition) is 1. The summed E-state index contributed by atoms with van der Waals surface area (Å²) in [5.74, 6) is -0.677. The van der Waals surface area contributed by atoms with Gasteiger partial charge in [0, 0.05) is 30.4 Å². The second kappa shape index (κ2) is 14.7. The van der Waals surface area contributed by atoms with Crippen LogP contribution in [0.3, 0.4) is 0 Å². The molecule has 4 unspecified atom stereocenters. The van der Waals surface area contributed by atoms with Crippen molar-refractivity contribution in [1.29, 1.82) is 0 Å². The third kappa shape index (κ3) is 9.27. The average molecular weight is 507 g/mol. The molecule has 1 N–H and O–H groups in total. The summed E-state index contributed by atoms with van der Waals surface area (Å²) >= 11 is 0. The molecule has 2 saturated heterocycles. The van der Waals surface area contributed by atoms with Gasteiger partial charge >= 0.3 is 5.97 Å². The number of unbranched alkanes of at least 4 members (excludes halogenated alkanes) is 4. The minimum atomic E-state index is -0.879. The number of carbonyl (C=O) groups is 1. The van der Waals surface area contributed by atoms with E-state index in [1.807, 2.05) is 0 Å². The molecule has 2 aliphatic heterocycles. The van der Waals surface area contributed by atoms with Crippen molar-refractivity contribution in [1.82, 2.24) is 0 Å². The van der Waals surface area contributed by atoms with E-state index in [9.17, 15) is 4.79 Å². The van der Waals surface area contributed by atoms with Gasteiger partial charge in [0.15, 0.2) is 12.1 Å². The lowest BCUT2D eigenvalue weighted by molar-refractivity contribution is -0.316. The second-order valence-corrected chi connectivity index (χ2v) is 11.7. The molecule has 3 rings (SSSR count). The molecule has 1 aliphatic carbocycles. The van der Waals surface area contributed by atoms with Gasteiger partial charge < -0.3 is 24.1 Å². The van der Waals surface area contributed by atoms with Crippen LogP contribution in [0.15, 0.2) is 24.3 Å². The van der Waals surface area contributed by atoms with E-state index in [0.717, 1.165) is 77.6 Å². The standard InChI is InChI=1S/C30H50O6/c1-4-5-8-13-25(36-28-16-11-12-21-33-28)18-17-24-19-20-30(34-22-29(2,3)23-35-30)26(24)14-9-6-7-10-15-27(31)32/h10,15,17-18,24-26,28H,4-9,11-14,16,19-23H2,1-3H3,(H,31,32)/b15-10-,18-17+. The smallest absolute Gasteiger partial charge is 0.327 e. The topological polar surface area (TPSA) is 74.2 Å². The Morgan fingerprint density at radius 3 is 2.61 bits per heavy atom. The Morgan fingerprint density at radius 2 is 1.92 bits per heavy atom. The highest BCUT2D eigenvalue weighted by atomic mass is 16.7. The van der Waals surface area contributed by atoms with E-state index in [1.165, 1.54) is 31.8 Å². The fourth-order valence-corrected chi connectivity index (χ4v) is 5.72. The first kappa shape index (κ1) is 29.3. The summed E-state index contributed by atoms with van der Waals surface area (Å²) in [5.41, 5.74) is 0.0452. The molecule has 6 nitrogen and oxygen atoms in total. The largest absolute Gasteiger partial charge is 0.478 e. The summed E-state index contributed by atoms with van der Waals surface area (Å²) in [4.78, 5) is 10.7. The van der Waals surface area contributed by atoms with Gasteiger partial charge in [0.2, 0.25) is 0 Å². The zero-order valence-corrected chi connectivity index (χ0v) is 22.9. The predicted molar refractivity (Wildman–Crippen MR) is 142 cm³/mol. The Labute approximate surface area is 218 Å². The lowest BCUT2D eigenvalue weighted by Crippen LogP contribution is -2.50. The molecule has 0 aromatic heterocycles. The van der Waals surface area contributed by atoms with Crippen LogP contribution >= 0.6 is 0 Å². The molecular weight excluding hydrogens is 456 g/mol. The summed E-state index contributed by atoms with van der Waals surface area (Å²) < 4.78 is 25.3. The summed E-state index contributed by atoms with van der Waals surface area (Å²) in [6.07, 6.45) is 21.4. The summed E-state index contributed by atoms with van der Waals surface area (Å²) in [5, 5.41) is 8.82. The fourth-order valence-electron chi connectivity index (χ4n) is 5.72. The minimum Gasteiger partial charge on any atom is -0.478 e. The molecular formula is C30H50O6. The first-order valence-electron chi connectivity index (χ1n) is 14.5. The van der Waals surface area contributed by atoms with Crippen LogP contribution in [0, 0.1) is 17.3 Å². The van der Waals surface area contributed by atoms with Crippen LogP contribution in [0.25, 0.3) is 0 Å². The van der Waals surface area contributed by atoms with Gasteiger partial charge in [-0.05, 0) is 57.3 Å². The van der Waals surface area contributed by atoms with Gasteiger partial charge in [-0.3, -0.25) is 0 Å². The number of carboxylic acids is 1. The Bertz CT molecular complexity index is 698. The lowest BCUT2D eigenvalue weighted by atomic mass is 9.85. The van der Waals surface area contributed by atoms with Gasteiger partial charge in [-0.1, -0.05) is 64.7 Å². The van der Waals surface area contributed by atoms with Crippen molar-refractivity contribution in [2.24, 2.45) is 17.3 Å². The van der Waals surface area contributed by atoms with Crippen molar-refractivity contribution < 1.29 is 28.8 Å². The maximum Gasteiger partial charge on any atom is 0.327 e. The summed E-state index contributed by atoms with van der Waals surface area (Å²) in [7, 11) is 0. The Balaban J connectivity index is 1.64. The first-order chi connectivity index (χ1) is 17.3. The van der Waals surface area contributed by atoms with Gasteiger partial charge in [0.25, 0.3) is 0 Å². The molecule has 0 aromatic rings. The van der Waals surface area contributed by atoms with Crippen molar-refractivity contribution in [2.45, 2.75) is 122 Å². The maximum absolute atomic E-state index is 10.7. The fraction of sp³-hybridized carbons (Fsp3) is 0.833. The van der Waals surface area contributed by atoms with Crippen molar-refractivity contribution >= 4 is 5.97 Å². The van der Waals surface area contributed by atoms with Crippen LogP contribution in [-0.2, 0) is 23.7 Å². The SMILES string of the molecule is CCCCCC(/C=C/C1CCC2(OCC(C)(C)CO2)C1CCCC/C=C\C(=O)O)OC1CCCCO1. The number of rotatable bonds is 14. The molecule has 2 heterocycles. The second-order valence-electron chi connectivity index (χ2n) is 11.7. The van der Waals surface area contributed by atoms with Crippen molar-refractivity contribution in [3.05, 3.63) is 24.3 Å². The molecule has 206 valence electrons. The van der Waals surface area contributed by atoms with Crippen molar-refractivity contribution in [2.75, 3.05) is 19.8 Å². The van der Waals surface area contributed by atoms with Crippen LogP contribution in [0.5, 0.6) is 0 Å². The predicted octanol–water partition coefficient (Wildman–Crippen LogP) is 7.03. The van der Waals surface area contributed by atoms with Crippen LogP contribution in [0.1, 0.15) is 104 Å². The Kier molecular flexibility index (Phi) is 11.9. The average Bonchev–Trinajstić information content (AvgIpc) is 3.19. The molecule has 0 radical (unpaired) electrons. The van der Waals surface area contributed by atoms with Crippen molar-refractivity contribution in [3.63, 3.8) is 0 Å². The monoisotopic (exact) mass is 506 g/mol. The highest BCUT2D eigenvalue weighted by Gasteiger charge is 2.52. The van der Waals surface area contributed by atoms with E-state index in [2.05, 4.69) is 32.9 Å². The number of allylic oxidation sites excluding steroid dienone is 2. The van der Waals surface area contributed by atoms with E-state index in [-0.39, 0.29) is 17.8 Å². The van der Waals surface area contributed by atoms with E-state index in [0.29, 0.717) is 11.8 Å². The van der Waals surface area contributed by atoms with Gasteiger partial charge in [0.05, 0.1) is 19.3 Å². The molecule has 3 fully saturated rings. The molecule has 1 spiro atoms. The van der Waals surface area contributed by atoms with E-state index >= 15 is 0 Å². The van der Waals surface area contributed by atoms with Crippen LogP contribution < -0.4 is 0 Å². The lowest BCUT2D eigenvalue weighted by Gasteiger charge is -2.45. The third-order valence-electron chi connectivity index (χ3n) is 7.85. The highest BCUT2D eigenvalue weighted by molar-refractivity contribution is 5.79. The zero-order chi connectivity index (χ0) is 25.9. The van der Waals surface area contributed by atoms with Gasteiger partial charge in [0.1, 0.15) is 0 Å². The number of ether oxygens (including phenoxy) is 4. The molecule has 3 aliphatic rings. The van der Waals surface area contributed by atoms with Crippen molar-refractivity contribution in [3.8, 4) is 0 Å². The molecule has 4 atom stereocenters. The van der Waals surface area contributed by atoms with Gasteiger partial charge in [-0.15, -0.1) is 0 Å². The number of hydrogen-bond acceptors (Lipinski definition) is 5. The molecule has 6 heteroatoms. The molecule has 0 aromatic carbocycles. The number of carboxylic acid groups (broad SMARTS) is 1. The van der Waals surface area contributed by atoms with E-state index in [1.54, 1.807) is 6.08 Å². The Morgan fingerprint density at radius 1 is 1.11 bits per heavy atom. The van der Waals surface area contributed by atoms with Gasteiger partial charge in [-0.25, -0.2) is 4.79 Å². The van der Waals surface area contributed by atoms with E-state index in [4.69, 9.17) is 24.1 Å². The molecule has 0 bridgehead atoms. The summed E-state index contributed by atoms with van der Waals surface area (Å²) in [6.45, 7) is 8.88. The Hall–Kier alpha value is -1.21. The quantitative estimate of drug-likeness (QED) is 0.155. The van der Waals surface area contributed by atoms with Crippen LogP contribution in [-0.4, -0.2) is 49.1 Å². The highest BCUT2D eigenvalue weighted by Crippen LogP contribution is 2.50. The third-order valence-corrected chi connectivity index (χ3v) is 7.85. The van der Waals surface area contributed by atoms with Crippen LogP contribution in [0.4, 0.5) is 0 Å². The zero-order valence-electron chi connectivity index (χ0n) is 22.9. The summed E-state index contributed by atoms with van der Waals surface area (Å²) in [6, 6.07) is 0. The maximum atomic E-state index is 10.7. The molecule has 1 saturated carbocycles. The first-order valence-corrected chi connectivity index (χ1v) is 14.5. The van der Waals surface area contributed by atoms with Crippen LogP contribution in [0.2, 0.25) is 0 Å². The minimum absolute atomic E-state index is 0.0452. The molecule has 36 heavy (non-hydrogen) atoms. The van der Waals surface area contributed by atoms with Gasteiger partial charge in [-0.2, -0.15) is 0 Å². The normalized spacial score (nSPS) is 28.8.